The van der Waals surface area contributed by atoms with Crippen LogP contribution in [-0.4, -0.2) is 68.8 Å². The van der Waals surface area contributed by atoms with Crippen molar-refractivity contribution in [3.63, 3.8) is 0 Å². The van der Waals surface area contributed by atoms with Crippen LogP contribution in [0.5, 0.6) is 0 Å². The molecule has 0 aromatic carbocycles. The number of hydrogen-bond donors (Lipinski definition) is 1. The zero-order chi connectivity index (χ0) is 18.2. The molecule has 0 heterocycles. The molecule has 0 unspecified atom stereocenters. The maximum Gasteiger partial charge on any atom is 0.189 e. The van der Waals surface area contributed by atoms with Crippen LogP contribution in [0, 0.1) is 0 Å². The summed E-state index contributed by atoms with van der Waals surface area (Å²) in [6.07, 6.45) is 3.58. The van der Waals surface area contributed by atoms with Crippen molar-refractivity contribution in [1.82, 2.24) is 0 Å². The summed E-state index contributed by atoms with van der Waals surface area (Å²) in [5.41, 5.74) is 0. The van der Waals surface area contributed by atoms with Gasteiger partial charge in [-0.25, -0.2) is 0 Å². The molecule has 0 fully saturated rings. The average molecular weight is 340 g/mol. The fourth-order valence-electron chi connectivity index (χ4n) is 1.88. The van der Waals surface area contributed by atoms with Crippen molar-refractivity contribution in [1.29, 1.82) is 0 Å². The van der Waals surface area contributed by atoms with Gasteiger partial charge in [0.05, 0.1) is 33.0 Å². The van der Waals surface area contributed by atoms with Crippen LogP contribution >= 0.6 is 0 Å². The molecule has 0 aromatic rings. The summed E-state index contributed by atoms with van der Waals surface area (Å²) in [5, 5.41) is 9.60. The smallest absolute Gasteiger partial charge is 0.189 e. The third kappa shape index (κ3) is 8.90. The molecular weight excluding hydrogens is 312 g/mol. The molecule has 0 bridgehead atoms. The van der Waals surface area contributed by atoms with E-state index in [1.54, 1.807) is 12.2 Å². The Balaban J connectivity index is 5.22. The molecule has 0 amide bonds. The number of Topliss-reactive ketones (excluding diaryl/α,β-unsaturated/α-hetero) is 1. The fraction of sp³-hybridized carbons (Fsp3) is 0.500. The molecule has 0 aromatic heterocycles. The molecule has 24 heavy (non-hydrogen) atoms. The first-order valence-corrected chi connectivity index (χ1v) is 7.65. The van der Waals surface area contributed by atoms with Gasteiger partial charge in [0.2, 0.25) is 0 Å². The standard InChI is InChI=1S/C18H28O6/c1-5-9-21-14-15(20)17(23-11-7-3)18(24-12-8-4)16(13-19)22-10-6-2/h5-8,16-19H,1-4,9-14H2/t16-,17-,18-/m1/s1. The van der Waals surface area contributed by atoms with Crippen LogP contribution in [0.2, 0.25) is 0 Å². The summed E-state index contributed by atoms with van der Waals surface area (Å²) < 4.78 is 21.9. The number of aliphatic hydroxyl groups excluding tert-OH is 1. The van der Waals surface area contributed by atoms with Gasteiger partial charge in [0, 0.05) is 0 Å². The lowest BCUT2D eigenvalue weighted by Crippen LogP contribution is -2.49. The number of aliphatic hydroxyl groups is 1. The van der Waals surface area contributed by atoms with Crippen LogP contribution in [0.15, 0.2) is 50.6 Å². The summed E-state index contributed by atoms with van der Waals surface area (Å²) in [6.45, 7) is 14.5. The SMILES string of the molecule is C=CCOCC(=O)[C@@H](OCC=C)[C@H](OCC=C)[C@@H](CO)OCC=C. The zero-order valence-electron chi connectivity index (χ0n) is 14.1. The average Bonchev–Trinajstić information content (AvgIpc) is 2.59. The second kappa shape index (κ2) is 15.0. The highest BCUT2D eigenvalue weighted by Gasteiger charge is 2.36. The molecule has 0 aliphatic carbocycles. The van der Waals surface area contributed by atoms with Gasteiger partial charge in [0.25, 0.3) is 0 Å². The Kier molecular flexibility index (Phi) is 14.0. The second-order valence-electron chi connectivity index (χ2n) is 4.74. The molecule has 3 atom stereocenters. The summed E-state index contributed by atoms with van der Waals surface area (Å²) in [7, 11) is 0. The van der Waals surface area contributed by atoms with E-state index in [0.717, 1.165) is 0 Å². The van der Waals surface area contributed by atoms with E-state index >= 15 is 0 Å². The van der Waals surface area contributed by atoms with Crippen molar-refractivity contribution in [3.05, 3.63) is 50.6 Å². The number of ether oxygens (including phenoxy) is 4. The molecule has 0 rings (SSSR count). The van der Waals surface area contributed by atoms with Gasteiger partial charge in [0.1, 0.15) is 24.9 Å². The van der Waals surface area contributed by atoms with Crippen molar-refractivity contribution in [2.24, 2.45) is 0 Å². The van der Waals surface area contributed by atoms with Crippen LogP contribution in [0.1, 0.15) is 0 Å². The van der Waals surface area contributed by atoms with E-state index in [4.69, 9.17) is 18.9 Å². The quantitative estimate of drug-likeness (QED) is 0.319. The van der Waals surface area contributed by atoms with Crippen molar-refractivity contribution in [2.75, 3.05) is 39.6 Å². The number of rotatable bonds is 17. The minimum atomic E-state index is -0.977. The van der Waals surface area contributed by atoms with E-state index in [9.17, 15) is 9.90 Å². The third-order valence-electron chi connectivity index (χ3n) is 2.87. The fourth-order valence-corrected chi connectivity index (χ4v) is 1.88. The third-order valence-corrected chi connectivity index (χ3v) is 2.87. The minimum absolute atomic E-state index is 0.144. The molecule has 6 nitrogen and oxygen atoms in total. The highest BCUT2D eigenvalue weighted by Crippen LogP contribution is 2.15. The number of hydrogen-bond acceptors (Lipinski definition) is 6. The molecule has 6 heteroatoms. The van der Waals surface area contributed by atoms with Crippen LogP contribution < -0.4 is 0 Å². The zero-order valence-corrected chi connectivity index (χ0v) is 14.1. The first kappa shape index (κ1) is 22.4. The number of carbonyl (C=O) groups is 1. The Labute approximate surface area is 144 Å². The van der Waals surface area contributed by atoms with Crippen LogP contribution in [0.3, 0.4) is 0 Å². The minimum Gasteiger partial charge on any atom is -0.394 e. The van der Waals surface area contributed by atoms with E-state index < -0.39 is 18.3 Å². The molecule has 136 valence electrons. The van der Waals surface area contributed by atoms with Crippen molar-refractivity contribution in [3.8, 4) is 0 Å². The molecule has 0 aliphatic rings. The molecule has 0 radical (unpaired) electrons. The van der Waals surface area contributed by atoms with Crippen molar-refractivity contribution in [2.45, 2.75) is 18.3 Å². The monoisotopic (exact) mass is 340 g/mol. The predicted molar refractivity (Wildman–Crippen MR) is 92.9 cm³/mol. The van der Waals surface area contributed by atoms with Gasteiger partial charge in [-0.3, -0.25) is 4.79 Å². The van der Waals surface area contributed by atoms with Crippen LogP contribution in [0.25, 0.3) is 0 Å². The summed E-state index contributed by atoms with van der Waals surface area (Å²) in [5.74, 6) is -0.326. The normalized spacial score (nSPS) is 14.4. The Hall–Kier alpha value is -1.57. The first-order chi connectivity index (χ1) is 11.7. The Morgan fingerprint density at radius 1 is 0.875 bits per heavy atom. The summed E-state index contributed by atoms with van der Waals surface area (Å²) >= 11 is 0. The lowest BCUT2D eigenvalue weighted by atomic mass is 10.0. The Morgan fingerprint density at radius 2 is 1.42 bits per heavy atom. The van der Waals surface area contributed by atoms with Gasteiger partial charge in [-0.05, 0) is 0 Å². The van der Waals surface area contributed by atoms with E-state index in [2.05, 4.69) is 26.3 Å². The van der Waals surface area contributed by atoms with E-state index in [1.807, 2.05) is 0 Å². The van der Waals surface area contributed by atoms with Gasteiger partial charge in [-0.15, -0.1) is 26.3 Å². The van der Waals surface area contributed by atoms with E-state index in [-0.39, 0.29) is 45.4 Å². The Morgan fingerprint density at radius 3 is 1.96 bits per heavy atom. The Bertz CT molecular complexity index is 393. The van der Waals surface area contributed by atoms with Gasteiger partial charge in [0.15, 0.2) is 5.78 Å². The van der Waals surface area contributed by atoms with Gasteiger partial charge >= 0.3 is 0 Å². The highest BCUT2D eigenvalue weighted by atomic mass is 16.6. The van der Waals surface area contributed by atoms with Gasteiger partial charge in [-0.1, -0.05) is 24.3 Å². The molecule has 0 spiro atoms. The molecular formula is C18H28O6. The number of ketones is 1. The molecule has 1 N–H and O–H groups in total. The maximum atomic E-state index is 12.4. The summed E-state index contributed by atoms with van der Waals surface area (Å²) in [4.78, 5) is 12.4. The van der Waals surface area contributed by atoms with Gasteiger partial charge in [-0.2, -0.15) is 0 Å². The van der Waals surface area contributed by atoms with Crippen LogP contribution in [-0.2, 0) is 23.7 Å². The summed E-state index contributed by atoms with van der Waals surface area (Å²) in [6, 6.07) is 0. The largest absolute Gasteiger partial charge is 0.394 e. The van der Waals surface area contributed by atoms with E-state index in [0.29, 0.717) is 0 Å². The molecule has 0 aliphatic heterocycles. The predicted octanol–water partition coefficient (Wildman–Crippen LogP) is 1.46. The van der Waals surface area contributed by atoms with Crippen LogP contribution in [0.4, 0.5) is 0 Å². The molecule has 0 saturated carbocycles. The second-order valence-corrected chi connectivity index (χ2v) is 4.74. The highest BCUT2D eigenvalue weighted by molar-refractivity contribution is 5.85. The molecule has 0 saturated heterocycles. The van der Waals surface area contributed by atoms with E-state index in [1.165, 1.54) is 12.2 Å². The number of carbonyl (C=O) groups excluding carboxylic acids is 1. The van der Waals surface area contributed by atoms with Crippen molar-refractivity contribution < 1.29 is 28.8 Å². The lowest BCUT2D eigenvalue weighted by Gasteiger charge is -2.31. The first-order valence-electron chi connectivity index (χ1n) is 7.65. The lowest BCUT2D eigenvalue weighted by molar-refractivity contribution is -0.162. The topological polar surface area (TPSA) is 74.2 Å². The maximum absolute atomic E-state index is 12.4. The van der Waals surface area contributed by atoms with Crippen molar-refractivity contribution >= 4 is 5.78 Å². The van der Waals surface area contributed by atoms with Gasteiger partial charge < -0.3 is 24.1 Å².